The molecular formula is C8H5ClN2O2. The minimum absolute atomic E-state index is 0.116. The number of oxime groups is 1. The summed E-state index contributed by atoms with van der Waals surface area (Å²) < 4.78 is 5.19. The van der Waals surface area contributed by atoms with Crippen LogP contribution in [-0.2, 0) is 0 Å². The topological polar surface area (TPSA) is 58.6 Å². The molecule has 2 rings (SSSR count). The van der Waals surface area contributed by atoms with Crippen molar-refractivity contribution in [2.75, 3.05) is 0 Å². The molecule has 0 unspecified atom stereocenters. The van der Waals surface area contributed by atoms with Crippen molar-refractivity contribution in [3.05, 3.63) is 30.2 Å². The van der Waals surface area contributed by atoms with Gasteiger partial charge in [-0.25, -0.2) is 4.98 Å². The molecule has 1 heterocycles. The summed E-state index contributed by atoms with van der Waals surface area (Å²) in [6.07, 6.45) is 0. The fourth-order valence-electron chi connectivity index (χ4n) is 1.00. The normalized spacial score (nSPS) is 12.2. The van der Waals surface area contributed by atoms with Crippen LogP contribution in [0.2, 0.25) is 0 Å². The van der Waals surface area contributed by atoms with Gasteiger partial charge in [-0.3, -0.25) is 0 Å². The van der Waals surface area contributed by atoms with Crippen LogP contribution in [0, 0.1) is 0 Å². The summed E-state index contributed by atoms with van der Waals surface area (Å²) in [7, 11) is 0. The Hall–Kier alpha value is -1.55. The van der Waals surface area contributed by atoms with Gasteiger partial charge >= 0.3 is 0 Å². The summed E-state index contributed by atoms with van der Waals surface area (Å²) in [5, 5.41) is 11.0. The first-order chi connectivity index (χ1) is 6.31. The molecule has 0 bridgehead atoms. The molecule has 4 nitrogen and oxygen atoms in total. The van der Waals surface area contributed by atoms with E-state index in [0.29, 0.717) is 11.1 Å². The lowest BCUT2D eigenvalue weighted by atomic mass is 10.3. The van der Waals surface area contributed by atoms with Gasteiger partial charge in [0.1, 0.15) is 5.52 Å². The number of halogens is 1. The minimum atomic E-state index is -0.156. The van der Waals surface area contributed by atoms with Crippen LogP contribution in [0.4, 0.5) is 0 Å². The van der Waals surface area contributed by atoms with E-state index >= 15 is 0 Å². The summed E-state index contributed by atoms with van der Waals surface area (Å²) in [4.78, 5) is 3.99. The number of aromatic nitrogens is 1. The zero-order valence-corrected chi connectivity index (χ0v) is 7.19. The molecule has 0 aliphatic carbocycles. The maximum atomic E-state index is 8.37. The number of hydrogen-bond acceptors (Lipinski definition) is 4. The van der Waals surface area contributed by atoms with Crippen molar-refractivity contribution in [2.24, 2.45) is 5.16 Å². The summed E-state index contributed by atoms with van der Waals surface area (Å²) in [6, 6.07) is 7.19. The standard InChI is InChI=1S/C8H5ClN2O2/c9-7(11-12)8-10-5-3-1-2-4-6(5)13-8/h1-4,12H/b11-7-. The molecule has 1 aromatic carbocycles. The van der Waals surface area contributed by atoms with Gasteiger partial charge in [-0.2, -0.15) is 0 Å². The second-order valence-corrected chi connectivity index (χ2v) is 2.74. The third-order valence-corrected chi connectivity index (χ3v) is 1.80. The van der Waals surface area contributed by atoms with Crippen molar-refractivity contribution in [1.29, 1.82) is 0 Å². The summed E-state index contributed by atoms with van der Waals surface area (Å²) in [5.41, 5.74) is 1.29. The predicted molar refractivity (Wildman–Crippen MR) is 48.2 cm³/mol. The van der Waals surface area contributed by atoms with Crippen molar-refractivity contribution in [3.8, 4) is 0 Å². The summed E-state index contributed by atoms with van der Waals surface area (Å²) in [6.45, 7) is 0. The first kappa shape index (κ1) is 8.07. The fourth-order valence-corrected chi connectivity index (χ4v) is 1.08. The number of oxazole rings is 1. The molecule has 0 radical (unpaired) electrons. The van der Waals surface area contributed by atoms with Gasteiger partial charge in [0.05, 0.1) is 0 Å². The fraction of sp³-hybridized carbons (Fsp3) is 0. The van der Waals surface area contributed by atoms with Crippen LogP contribution in [0.25, 0.3) is 11.1 Å². The number of rotatable bonds is 1. The van der Waals surface area contributed by atoms with Crippen molar-refractivity contribution in [3.63, 3.8) is 0 Å². The molecule has 2 aromatic rings. The largest absolute Gasteiger partial charge is 0.434 e. The van der Waals surface area contributed by atoms with E-state index in [9.17, 15) is 0 Å². The second kappa shape index (κ2) is 3.06. The van der Waals surface area contributed by atoms with Crippen molar-refractivity contribution in [1.82, 2.24) is 4.98 Å². The smallest absolute Gasteiger partial charge is 0.261 e. The Balaban J connectivity index is 2.62. The minimum Gasteiger partial charge on any atom is -0.434 e. The number of hydrogen-bond donors (Lipinski definition) is 1. The lowest BCUT2D eigenvalue weighted by Crippen LogP contribution is -1.89. The molecule has 13 heavy (non-hydrogen) atoms. The molecule has 0 amide bonds. The molecule has 0 aliphatic rings. The molecule has 0 saturated heterocycles. The zero-order chi connectivity index (χ0) is 9.26. The zero-order valence-electron chi connectivity index (χ0n) is 6.44. The molecular weight excluding hydrogens is 192 g/mol. The highest BCUT2D eigenvalue weighted by molar-refractivity contribution is 6.68. The lowest BCUT2D eigenvalue weighted by molar-refractivity contribution is 0.319. The third-order valence-electron chi connectivity index (χ3n) is 1.56. The average Bonchev–Trinajstić information content (AvgIpc) is 2.59. The Morgan fingerprint density at radius 2 is 2.23 bits per heavy atom. The van der Waals surface area contributed by atoms with Crippen LogP contribution in [0.3, 0.4) is 0 Å². The van der Waals surface area contributed by atoms with Crippen LogP contribution in [0.15, 0.2) is 33.8 Å². The van der Waals surface area contributed by atoms with Crippen molar-refractivity contribution >= 4 is 27.9 Å². The molecule has 1 aromatic heterocycles. The Morgan fingerprint density at radius 1 is 1.46 bits per heavy atom. The molecule has 0 saturated carbocycles. The van der Waals surface area contributed by atoms with Gasteiger partial charge < -0.3 is 9.62 Å². The number of benzene rings is 1. The molecule has 0 spiro atoms. The van der Waals surface area contributed by atoms with Crippen LogP contribution >= 0.6 is 11.6 Å². The monoisotopic (exact) mass is 196 g/mol. The number of nitrogens with zero attached hydrogens (tertiary/aromatic N) is 2. The maximum Gasteiger partial charge on any atom is 0.261 e. The number of fused-ring (bicyclic) bond motifs is 1. The van der Waals surface area contributed by atoms with E-state index < -0.39 is 0 Å². The van der Waals surface area contributed by atoms with Crippen molar-refractivity contribution in [2.45, 2.75) is 0 Å². The summed E-state index contributed by atoms with van der Waals surface area (Å²) in [5.74, 6) is 0.116. The van der Waals surface area contributed by atoms with Gasteiger partial charge in [0.15, 0.2) is 5.58 Å². The highest BCUT2D eigenvalue weighted by Crippen LogP contribution is 2.15. The van der Waals surface area contributed by atoms with Crippen LogP contribution in [0.1, 0.15) is 5.89 Å². The highest BCUT2D eigenvalue weighted by Gasteiger charge is 2.09. The van der Waals surface area contributed by atoms with E-state index in [-0.39, 0.29) is 11.1 Å². The van der Waals surface area contributed by atoms with E-state index in [1.54, 1.807) is 12.1 Å². The van der Waals surface area contributed by atoms with Crippen LogP contribution < -0.4 is 0 Å². The van der Waals surface area contributed by atoms with Gasteiger partial charge in [-0.05, 0) is 12.1 Å². The summed E-state index contributed by atoms with van der Waals surface area (Å²) >= 11 is 5.51. The van der Waals surface area contributed by atoms with Gasteiger partial charge in [-0.1, -0.05) is 28.9 Å². The Bertz CT molecular complexity index is 431. The van der Waals surface area contributed by atoms with E-state index in [0.717, 1.165) is 0 Å². The first-order valence-electron chi connectivity index (χ1n) is 3.55. The maximum absolute atomic E-state index is 8.37. The van der Waals surface area contributed by atoms with Gasteiger partial charge in [-0.15, -0.1) is 0 Å². The molecule has 0 fully saturated rings. The third kappa shape index (κ3) is 1.36. The first-order valence-corrected chi connectivity index (χ1v) is 3.92. The van der Waals surface area contributed by atoms with Gasteiger partial charge in [0.2, 0.25) is 5.17 Å². The second-order valence-electron chi connectivity index (χ2n) is 2.38. The van der Waals surface area contributed by atoms with E-state index in [2.05, 4.69) is 10.1 Å². The average molecular weight is 197 g/mol. The SMILES string of the molecule is O/N=C(\Cl)c1nc2ccccc2o1. The van der Waals surface area contributed by atoms with Crippen molar-refractivity contribution < 1.29 is 9.62 Å². The van der Waals surface area contributed by atoms with Crippen LogP contribution in [0.5, 0.6) is 0 Å². The lowest BCUT2D eigenvalue weighted by Gasteiger charge is -1.83. The molecule has 66 valence electrons. The van der Waals surface area contributed by atoms with E-state index in [1.165, 1.54) is 0 Å². The Kier molecular flexibility index (Phi) is 1.90. The number of para-hydroxylation sites is 2. The van der Waals surface area contributed by atoms with Gasteiger partial charge in [0, 0.05) is 0 Å². The molecule has 0 aliphatic heterocycles. The van der Waals surface area contributed by atoms with E-state index in [4.69, 9.17) is 21.2 Å². The quantitative estimate of drug-likeness (QED) is 0.432. The Morgan fingerprint density at radius 3 is 2.92 bits per heavy atom. The highest BCUT2D eigenvalue weighted by atomic mass is 35.5. The van der Waals surface area contributed by atoms with Crippen LogP contribution in [-0.4, -0.2) is 15.4 Å². The van der Waals surface area contributed by atoms with E-state index in [1.807, 2.05) is 12.1 Å². The molecule has 5 heteroatoms. The molecule has 1 N–H and O–H groups in total. The Labute approximate surface area is 78.4 Å². The molecule has 0 atom stereocenters. The van der Waals surface area contributed by atoms with Gasteiger partial charge in [0.25, 0.3) is 5.89 Å². The predicted octanol–water partition coefficient (Wildman–Crippen LogP) is 2.20.